The number of ether oxygens (including phenoxy) is 1. The van der Waals surface area contributed by atoms with Gasteiger partial charge in [0.1, 0.15) is 11.7 Å². The van der Waals surface area contributed by atoms with E-state index >= 15 is 0 Å². The van der Waals surface area contributed by atoms with E-state index in [1.54, 1.807) is 0 Å². The molecule has 1 spiro atoms. The van der Waals surface area contributed by atoms with Gasteiger partial charge in [-0.05, 0) is 30.4 Å². The fourth-order valence-electron chi connectivity index (χ4n) is 4.23. The zero-order valence-corrected chi connectivity index (χ0v) is 10.0. The molecule has 0 saturated carbocycles. The number of hydrogen-bond donors (Lipinski definition) is 0. The van der Waals surface area contributed by atoms with Gasteiger partial charge in [0.2, 0.25) is 0 Å². The molecule has 2 bridgehead atoms. The maximum atomic E-state index is 11.8. The van der Waals surface area contributed by atoms with Crippen molar-refractivity contribution in [2.24, 2.45) is 5.41 Å². The van der Waals surface area contributed by atoms with Gasteiger partial charge in [-0.15, -0.1) is 0 Å². The number of Topliss-reactive ketones (excluding diaryl/α,β-unsaturated/α-hetero) is 1. The van der Waals surface area contributed by atoms with Gasteiger partial charge >= 0.3 is 0 Å². The average Bonchev–Trinajstić information content (AvgIpc) is 2.68. The molecule has 2 heteroatoms. The van der Waals surface area contributed by atoms with E-state index in [4.69, 9.17) is 4.74 Å². The lowest BCUT2D eigenvalue weighted by Gasteiger charge is -2.38. The normalized spacial score (nSPS) is 42.4. The molecule has 2 heterocycles. The molecule has 0 radical (unpaired) electrons. The van der Waals surface area contributed by atoms with Gasteiger partial charge in [0.25, 0.3) is 0 Å². The van der Waals surface area contributed by atoms with Gasteiger partial charge in [0, 0.05) is 11.8 Å². The predicted octanol–water partition coefficient (Wildman–Crippen LogP) is 2.60. The molecule has 0 aromatic heterocycles. The minimum Gasteiger partial charge on any atom is -0.359 e. The van der Waals surface area contributed by atoms with Gasteiger partial charge in [-0.3, -0.25) is 4.79 Å². The summed E-state index contributed by atoms with van der Waals surface area (Å²) in [7, 11) is 0. The van der Waals surface area contributed by atoms with Gasteiger partial charge in [0.05, 0.1) is 0 Å². The van der Waals surface area contributed by atoms with Crippen molar-refractivity contribution >= 4 is 5.78 Å². The highest BCUT2D eigenvalue weighted by atomic mass is 16.5. The zero-order valence-electron chi connectivity index (χ0n) is 10.0. The number of carbonyl (C=O) groups is 1. The number of rotatable bonds is 0. The van der Waals surface area contributed by atoms with Crippen molar-refractivity contribution in [1.29, 1.82) is 0 Å². The van der Waals surface area contributed by atoms with Crippen LogP contribution in [0.25, 0.3) is 0 Å². The molecule has 1 aromatic carbocycles. The van der Waals surface area contributed by atoms with Gasteiger partial charge in [-0.25, -0.2) is 0 Å². The minimum absolute atomic E-state index is 0.132. The molecule has 2 unspecified atom stereocenters. The van der Waals surface area contributed by atoms with E-state index in [1.165, 1.54) is 11.1 Å². The summed E-state index contributed by atoms with van der Waals surface area (Å²) in [4.78, 5) is 11.8. The van der Waals surface area contributed by atoms with Crippen molar-refractivity contribution in [3.8, 4) is 0 Å². The lowest BCUT2D eigenvalue weighted by molar-refractivity contribution is -0.152. The summed E-state index contributed by atoms with van der Waals surface area (Å²) in [6.45, 7) is 2.30. The van der Waals surface area contributed by atoms with E-state index in [1.807, 2.05) is 0 Å². The maximum absolute atomic E-state index is 11.8. The molecule has 88 valence electrons. The molecule has 0 N–H and O–H groups in total. The molecule has 17 heavy (non-hydrogen) atoms. The van der Waals surface area contributed by atoms with Crippen LogP contribution in [0.15, 0.2) is 24.3 Å². The Morgan fingerprint density at radius 1 is 1.35 bits per heavy atom. The number of ketones is 1. The summed E-state index contributed by atoms with van der Waals surface area (Å²) in [5.41, 5.74) is 2.73. The van der Waals surface area contributed by atoms with Crippen LogP contribution >= 0.6 is 0 Å². The Hall–Kier alpha value is -1.15. The standard InChI is InChI=1S/C15H16O2/c1-14-8-10-4-2-3-5-11(10)15(14)7-6-12(16)13(9-14)17-15/h2-5,13H,6-9H2,1H3/t13?,14-,15?/m0/s1. The van der Waals surface area contributed by atoms with Gasteiger partial charge in [-0.1, -0.05) is 31.2 Å². The third kappa shape index (κ3) is 0.987. The third-order valence-electron chi connectivity index (χ3n) is 5.07. The van der Waals surface area contributed by atoms with E-state index in [0.717, 1.165) is 19.3 Å². The van der Waals surface area contributed by atoms with Crippen LogP contribution < -0.4 is 0 Å². The number of fused-ring (bicyclic) bond motifs is 2. The van der Waals surface area contributed by atoms with Gasteiger partial charge in [-0.2, -0.15) is 0 Å². The van der Waals surface area contributed by atoms with Crippen molar-refractivity contribution in [3.05, 3.63) is 35.4 Å². The molecule has 2 fully saturated rings. The average molecular weight is 228 g/mol. The summed E-state index contributed by atoms with van der Waals surface area (Å²) < 4.78 is 6.20. The summed E-state index contributed by atoms with van der Waals surface area (Å²) in [6, 6.07) is 8.60. The third-order valence-corrected chi connectivity index (χ3v) is 5.07. The summed E-state index contributed by atoms with van der Waals surface area (Å²) in [6.07, 6.45) is 3.39. The highest BCUT2D eigenvalue weighted by molar-refractivity contribution is 5.85. The molecule has 2 aliphatic heterocycles. The highest BCUT2D eigenvalue weighted by Gasteiger charge is 2.64. The Morgan fingerprint density at radius 3 is 3.06 bits per heavy atom. The first kappa shape index (κ1) is 9.84. The first-order chi connectivity index (χ1) is 8.15. The largest absolute Gasteiger partial charge is 0.359 e. The molecular formula is C15H16O2. The molecule has 1 aromatic rings. The first-order valence-electron chi connectivity index (χ1n) is 6.44. The predicted molar refractivity (Wildman–Crippen MR) is 63.7 cm³/mol. The van der Waals surface area contributed by atoms with Crippen molar-refractivity contribution in [2.75, 3.05) is 0 Å². The summed E-state index contributed by atoms with van der Waals surface area (Å²) in [5, 5.41) is 0. The monoisotopic (exact) mass is 228 g/mol. The summed E-state index contributed by atoms with van der Waals surface area (Å²) in [5.74, 6) is 0.309. The lowest BCUT2D eigenvalue weighted by Crippen LogP contribution is -2.40. The van der Waals surface area contributed by atoms with Crippen LogP contribution in [0.5, 0.6) is 0 Å². The van der Waals surface area contributed by atoms with Crippen LogP contribution in [-0.4, -0.2) is 11.9 Å². The second kappa shape index (κ2) is 2.81. The molecule has 3 atom stereocenters. The lowest BCUT2D eigenvalue weighted by atomic mass is 9.72. The molecule has 2 saturated heterocycles. The van der Waals surface area contributed by atoms with E-state index < -0.39 is 0 Å². The zero-order chi connectivity index (χ0) is 11.7. The molecule has 0 amide bonds. The number of hydrogen-bond acceptors (Lipinski definition) is 2. The quantitative estimate of drug-likeness (QED) is 0.682. The van der Waals surface area contributed by atoms with Crippen LogP contribution in [0, 0.1) is 5.41 Å². The van der Waals surface area contributed by atoms with E-state index in [0.29, 0.717) is 12.2 Å². The summed E-state index contributed by atoms with van der Waals surface area (Å²) >= 11 is 0. The smallest absolute Gasteiger partial charge is 0.161 e. The Balaban J connectivity index is 1.93. The van der Waals surface area contributed by atoms with Gasteiger partial charge in [0.15, 0.2) is 5.78 Å². The van der Waals surface area contributed by atoms with E-state index in [2.05, 4.69) is 31.2 Å². The molecular weight excluding hydrogens is 212 g/mol. The SMILES string of the molecule is C[C@@]12Cc3ccccc3C13CCC(=O)C(C2)O3. The van der Waals surface area contributed by atoms with Crippen molar-refractivity contribution in [1.82, 2.24) is 0 Å². The maximum Gasteiger partial charge on any atom is 0.161 e. The molecule has 4 rings (SSSR count). The molecule has 1 aliphatic carbocycles. The first-order valence-corrected chi connectivity index (χ1v) is 6.44. The van der Waals surface area contributed by atoms with Crippen molar-refractivity contribution in [3.63, 3.8) is 0 Å². The topological polar surface area (TPSA) is 26.3 Å². The van der Waals surface area contributed by atoms with Crippen LogP contribution in [0.1, 0.15) is 37.3 Å². The van der Waals surface area contributed by atoms with Crippen LogP contribution in [0.4, 0.5) is 0 Å². The van der Waals surface area contributed by atoms with Crippen LogP contribution in [-0.2, 0) is 21.6 Å². The fourth-order valence-corrected chi connectivity index (χ4v) is 4.23. The minimum atomic E-state index is -0.165. The van der Waals surface area contributed by atoms with Crippen LogP contribution in [0.3, 0.4) is 0 Å². The molecule has 3 aliphatic rings. The second-order valence-corrected chi connectivity index (χ2v) is 6.00. The van der Waals surface area contributed by atoms with Crippen LogP contribution in [0.2, 0.25) is 0 Å². The Labute approximate surface area is 101 Å². The number of benzene rings is 1. The van der Waals surface area contributed by atoms with E-state index in [-0.39, 0.29) is 17.1 Å². The number of carbonyl (C=O) groups excluding carboxylic acids is 1. The van der Waals surface area contributed by atoms with Crippen molar-refractivity contribution in [2.45, 2.75) is 44.3 Å². The second-order valence-electron chi connectivity index (χ2n) is 6.00. The Morgan fingerprint density at radius 2 is 2.18 bits per heavy atom. The molecule has 2 nitrogen and oxygen atoms in total. The Kier molecular flexibility index (Phi) is 1.62. The van der Waals surface area contributed by atoms with Crippen molar-refractivity contribution < 1.29 is 9.53 Å². The highest BCUT2D eigenvalue weighted by Crippen LogP contribution is 2.64. The van der Waals surface area contributed by atoms with E-state index in [9.17, 15) is 4.79 Å². The fraction of sp³-hybridized carbons (Fsp3) is 0.533. The van der Waals surface area contributed by atoms with Gasteiger partial charge < -0.3 is 4.74 Å². The Bertz CT molecular complexity index is 521.